The molecule has 1 aromatic heterocycles. The lowest BCUT2D eigenvalue weighted by Crippen LogP contribution is -2.62. The van der Waals surface area contributed by atoms with Gasteiger partial charge in [0.1, 0.15) is 27.3 Å². The monoisotopic (exact) mass is 597 g/mol. The topological polar surface area (TPSA) is 138 Å². The first kappa shape index (κ1) is 28.2. The number of carbonyl (C=O) groups is 2. The van der Waals surface area contributed by atoms with Crippen LogP contribution in [0.25, 0.3) is 22.1 Å². The highest BCUT2D eigenvalue weighted by Gasteiger charge is 2.53. The highest BCUT2D eigenvalue weighted by molar-refractivity contribution is 7.92. The van der Waals surface area contributed by atoms with Gasteiger partial charge in [-0.1, -0.05) is 18.2 Å². The number of nitrogens with zero attached hydrogens (tertiary/aromatic N) is 1. The van der Waals surface area contributed by atoms with Gasteiger partial charge in [-0.25, -0.2) is 17.2 Å². The number of carbonyl (C=O) groups excluding carboxylic acids is 2. The number of hydrogen-bond acceptors (Lipinski definition) is 7. The molecule has 1 heterocycles. The number of fused-ring (bicyclic) bond motifs is 1. The van der Waals surface area contributed by atoms with Gasteiger partial charge < -0.3 is 19.8 Å². The summed E-state index contributed by atoms with van der Waals surface area (Å²) in [5, 5.41) is 14.9. The van der Waals surface area contributed by atoms with Crippen LogP contribution in [0, 0.1) is 11.3 Å². The first-order chi connectivity index (χ1) is 19.9. The summed E-state index contributed by atoms with van der Waals surface area (Å²) in [5.74, 6) is -4.18. The molecule has 0 bridgehead atoms. The molecule has 0 aliphatic heterocycles. The fourth-order valence-electron chi connectivity index (χ4n) is 5.42. The van der Waals surface area contributed by atoms with E-state index in [9.17, 15) is 32.0 Å². The zero-order valence-corrected chi connectivity index (χ0v) is 23.7. The van der Waals surface area contributed by atoms with Gasteiger partial charge in [0.05, 0.1) is 18.4 Å². The Hall–Kier alpha value is -3.98. The Balaban J connectivity index is 1.26. The van der Waals surface area contributed by atoms with Crippen LogP contribution in [-0.4, -0.2) is 49.6 Å². The van der Waals surface area contributed by atoms with Gasteiger partial charge in [0.15, 0.2) is 15.6 Å². The normalized spacial score (nSPS) is 20.3. The standard InChI is InChI=1S/C30H29F2N3O6S/c1-40-23-15-19(4-7-25(23)42(38,39)21-5-6-21)18-2-3-20-16-24(41-22(20)14-18)26(36)34-29(10-12-30(31,32)13-11-29)27(37)35-28(17-33)8-9-28/h2-4,7,14-16,21H,5-6,8-13H2,1H3,(H,34,36)(H,35,37). The molecule has 3 saturated carbocycles. The van der Waals surface area contributed by atoms with Crippen LogP contribution in [0.15, 0.2) is 51.8 Å². The summed E-state index contributed by atoms with van der Waals surface area (Å²) < 4.78 is 64.8. The van der Waals surface area contributed by atoms with Crippen LogP contribution in [0.4, 0.5) is 8.78 Å². The second-order valence-electron chi connectivity index (χ2n) is 11.5. The summed E-state index contributed by atoms with van der Waals surface area (Å²) in [4.78, 5) is 26.7. The number of benzene rings is 2. The first-order valence-corrected chi connectivity index (χ1v) is 15.3. The predicted octanol–water partition coefficient (Wildman–Crippen LogP) is 4.89. The molecule has 0 unspecified atom stereocenters. The summed E-state index contributed by atoms with van der Waals surface area (Å²) in [6.45, 7) is 0. The minimum Gasteiger partial charge on any atom is -0.495 e. The van der Waals surface area contributed by atoms with Crippen molar-refractivity contribution in [2.45, 2.75) is 78.5 Å². The number of ether oxygens (including phenoxy) is 1. The van der Waals surface area contributed by atoms with Gasteiger partial charge in [0.2, 0.25) is 11.8 Å². The van der Waals surface area contributed by atoms with E-state index in [0.717, 1.165) is 0 Å². The number of methoxy groups -OCH3 is 1. The van der Waals surface area contributed by atoms with E-state index in [4.69, 9.17) is 9.15 Å². The Morgan fingerprint density at radius 3 is 2.26 bits per heavy atom. The van der Waals surface area contributed by atoms with Crippen molar-refractivity contribution >= 4 is 32.6 Å². The lowest BCUT2D eigenvalue weighted by atomic mass is 9.78. The molecule has 2 aromatic carbocycles. The van der Waals surface area contributed by atoms with E-state index in [0.29, 0.717) is 47.8 Å². The summed E-state index contributed by atoms with van der Waals surface area (Å²) in [5.41, 5.74) is -0.895. The predicted molar refractivity (Wildman–Crippen MR) is 148 cm³/mol. The van der Waals surface area contributed by atoms with Crippen molar-refractivity contribution in [3.05, 3.63) is 48.2 Å². The van der Waals surface area contributed by atoms with Gasteiger partial charge in [-0.2, -0.15) is 5.26 Å². The van der Waals surface area contributed by atoms with E-state index in [1.165, 1.54) is 19.2 Å². The van der Waals surface area contributed by atoms with Gasteiger partial charge in [0.25, 0.3) is 5.91 Å². The molecule has 42 heavy (non-hydrogen) atoms. The molecule has 0 spiro atoms. The van der Waals surface area contributed by atoms with Crippen molar-refractivity contribution in [1.82, 2.24) is 10.6 Å². The average Bonchev–Trinajstić information content (AvgIpc) is 3.91. The number of hydrogen-bond donors (Lipinski definition) is 2. The van der Waals surface area contributed by atoms with Crippen molar-refractivity contribution < 1.29 is 35.9 Å². The van der Waals surface area contributed by atoms with Gasteiger partial charge in [-0.3, -0.25) is 9.59 Å². The third-order valence-corrected chi connectivity index (χ3v) is 10.7. The molecule has 220 valence electrons. The Bertz CT molecular complexity index is 1740. The summed E-state index contributed by atoms with van der Waals surface area (Å²) in [6.07, 6.45) is 0.490. The van der Waals surface area contributed by atoms with Crippen molar-refractivity contribution in [2.75, 3.05) is 7.11 Å². The SMILES string of the molecule is COc1cc(-c2ccc3cc(C(=O)NC4(C(=O)NC5(C#N)CC5)CCC(F)(F)CC4)oc3c2)ccc1S(=O)(=O)C1CC1. The molecule has 0 saturated heterocycles. The number of sulfone groups is 1. The van der Waals surface area contributed by atoms with E-state index in [-0.39, 0.29) is 34.5 Å². The average molecular weight is 598 g/mol. The maximum atomic E-state index is 14.0. The largest absolute Gasteiger partial charge is 0.495 e. The third-order valence-electron chi connectivity index (χ3n) is 8.45. The molecule has 2 N–H and O–H groups in total. The zero-order valence-electron chi connectivity index (χ0n) is 22.8. The molecule has 3 fully saturated rings. The van der Waals surface area contributed by atoms with E-state index in [1.807, 2.05) is 0 Å². The summed E-state index contributed by atoms with van der Waals surface area (Å²) in [6, 6.07) is 13.6. The minimum atomic E-state index is -3.46. The number of furan rings is 1. The van der Waals surface area contributed by atoms with E-state index >= 15 is 0 Å². The highest BCUT2D eigenvalue weighted by Crippen LogP contribution is 2.42. The van der Waals surface area contributed by atoms with Crippen LogP contribution in [0.5, 0.6) is 5.75 Å². The fourth-order valence-corrected chi connectivity index (χ4v) is 7.22. The molecule has 9 nitrogen and oxygen atoms in total. The molecule has 6 rings (SSSR count). The highest BCUT2D eigenvalue weighted by atomic mass is 32.2. The smallest absolute Gasteiger partial charge is 0.287 e. The lowest BCUT2D eigenvalue weighted by Gasteiger charge is -2.39. The number of alkyl halides is 2. The maximum Gasteiger partial charge on any atom is 0.287 e. The number of amides is 2. The molecule has 3 aliphatic rings. The van der Waals surface area contributed by atoms with Crippen molar-refractivity contribution in [1.29, 1.82) is 5.26 Å². The number of rotatable bonds is 8. The first-order valence-electron chi connectivity index (χ1n) is 13.8. The number of halogens is 2. The van der Waals surface area contributed by atoms with Gasteiger partial charge in [-0.15, -0.1) is 0 Å². The Kier molecular flexibility index (Phi) is 6.57. The van der Waals surface area contributed by atoms with Gasteiger partial charge >= 0.3 is 0 Å². The van der Waals surface area contributed by atoms with Crippen molar-refractivity contribution in [3.8, 4) is 22.9 Å². The van der Waals surface area contributed by atoms with Gasteiger partial charge in [-0.05, 0) is 73.9 Å². The molecule has 12 heteroatoms. The van der Waals surface area contributed by atoms with Gasteiger partial charge in [0, 0.05) is 18.2 Å². The van der Waals surface area contributed by atoms with E-state index in [2.05, 4.69) is 16.7 Å². The van der Waals surface area contributed by atoms with E-state index < -0.39 is 51.5 Å². The van der Waals surface area contributed by atoms with Crippen LogP contribution in [0.2, 0.25) is 0 Å². The van der Waals surface area contributed by atoms with Crippen molar-refractivity contribution in [3.63, 3.8) is 0 Å². The van der Waals surface area contributed by atoms with Crippen LogP contribution in [0.3, 0.4) is 0 Å². The van der Waals surface area contributed by atoms with Crippen LogP contribution >= 0.6 is 0 Å². The number of nitriles is 1. The summed E-state index contributed by atoms with van der Waals surface area (Å²) in [7, 11) is -2.05. The Morgan fingerprint density at radius 1 is 0.976 bits per heavy atom. The molecule has 3 aromatic rings. The second kappa shape index (κ2) is 9.80. The van der Waals surface area contributed by atoms with Crippen molar-refractivity contribution in [2.24, 2.45) is 0 Å². The second-order valence-corrected chi connectivity index (χ2v) is 13.7. The maximum absolute atomic E-state index is 14.0. The quantitative estimate of drug-likeness (QED) is 0.377. The minimum absolute atomic E-state index is 0.100. The zero-order chi connectivity index (χ0) is 29.9. The van der Waals surface area contributed by atoms with Crippen LogP contribution in [0.1, 0.15) is 61.9 Å². The van der Waals surface area contributed by atoms with E-state index in [1.54, 1.807) is 30.3 Å². The molecule has 0 radical (unpaired) electrons. The molecular formula is C30H29F2N3O6S. The fraction of sp³-hybridized carbons (Fsp3) is 0.433. The van der Waals surface area contributed by atoms with Crippen LogP contribution < -0.4 is 15.4 Å². The Labute approximate surface area is 241 Å². The Morgan fingerprint density at radius 2 is 1.64 bits per heavy atom. The summed E-state index contributed by atoms with van der Waals surface area (Å²) >= 11 is 0. The molecule has 0 atom stereocenters. The molecule has 2 amide bonds. The molecular weight excluding hydrogens is 568 g/mol. The number of nitrogens with one attached hydrogen (secondary N) is 2. The third kappa shape index (κ3) is 5.11. The van der Waals surface area contributed by atoms with Crippen LogP contribution in [-0.2, 0) is 14.6 Å². The lowest BCUT2D eigenvalue weighted by molar-refractivity contribution is -0.133. The molecule has 3 aliphatic carbocycles.